The van der Waals surface area contributed by atoms with Gasteiger partial charge in [0, 0.05) is 41.8 Å². The van der Waals surface area contributed by atoms with Gasteiger partial charge in [0.1, 0.15) is 11.1 Å². The minimum atomic E-state index is -1.05. The Morgan fingerprint density at radius 2 is 1.86 bits per heavy atom. The van der Waals surface area contributed by atoms with Crippen LogP contribution in [0.15, 0.2) is 24.4 Å². The summed E-state index contributed by atoms with van der Waals surface area (Å²) in [5.74, 6) is 0.833. The summed E-state index contributed by atoms with van der Waals surface area (Å²) in [5.41, 5.74) is 0.855. The highest BCUT2D eigenvalue weighted by atomic mass is 35.5. The highest BCUT2D eigenvalue weighted by Gasteiger charge is 2.41. The largest absolute Gasteiger partial charge is 0.465 e. The van der Waals surface area contributed by atoms with Gasteiger partial charge in [-0.1, -0.05) is 40.9 Å². The molecule has 0 radical (unpaired) electrons. The summed E-state index contributed by atoms with van der Waals surface area (Å²) in [6, 6.07) is 4.29. The number of anilines is 2. The number of hydrogen-bond acceptors (Lipinski definition) is 6. The Balaban J connectivity index is 1.49. The van der Waals surface area contributed by atoms with E-state index >= 15 is 0 Å². The van der Waals surface area contributed by atoms with Gasteiger partial charge in [-0.25, -0.2) is 9.78 Å². The summed E-state index contributed by atoms with van der Waals surface area (Å²) in [4.78, 5) is 39.0. The first kappa shape index (κ1) is 26.6. The number of nitrogens with zero attached hydrogens (tertiary/aromatic N) is 5. The van der Waals surface area contributed by atoms with Crippen LogP contribution in [0.2, 0.25) is 15.1 Å². The molecule has 0 spiro atoms. The average Bonchev–Trinajstić information content (AvgIpc) is 3.32. The molecule has 4 atom stereocenters. The van der Waals surface area contributed by atoms with Gasteiger partial charge in [0.05, 0.1) is 12.2 Å². The average molecular weight is 556 g/mol. The third-order valence-corrected chi connectivity index (χ3v) is 7.66. The van der Waals surface area contributed by atoms with Crippen LogP contribution in [0.4, 0.5) is 16.6 Å². The molecule has 194 valence electrons. The molecule has 1 aromatic heterocycles. The molecule has 2 saturated heterocycles. The van der Waals surface area contributed by atoms with Gasteiger partial charge in [-0.15, -0.1) is 0 Å². The molecule has 12 heteroatoms. The Hall–Kier alpha value is -2.49. The van der Waals surface area contributed by atoms with Crippen LogP contribution in [-0.2, 0) is 4.79 Å². The van der Waals surface area contributed by atoms with Crippen LogP contribution in [0.25, 0.3) is 0 Å². The molecule has 3 heterocycles. The van der Waals surface area contributed by atoms with Crippen molar-refractivity contribution in [3.05, 3.63) is 45.0 Å². The van der Waals surface area contributed by atoms with Crippen LogP contribution in [0, 0.1) is 0 Å². The van der Waals surface area contributed by atoms with E-state index in [1.165, 1.54) is 4.90 Å². The molecule has 0 aliphatic carbocycles. The highest BCUT2D eigenvalue weighted by Crippen LogP contribution is 2.32. The Bertz CT molecular complexity index is 1150. The third-order valence-electron chi connectivity index (χ3n) is 6.82. The number of halogens is 3. The van der Waals surface area contributed by atoms with E-state index in [-0.39, 0.29) is 24.0 Å². The van der Waals surface area contributed by atoms with Crippen molar-refractivity contribution in [2.45, 2.75) is 57.8 Å². The first-order valence-electron chi connectivity index (χ1n) is 11.9. The monoisotopic (exact) mass is 554 g/mol. The molecule has 2 aromatic rings. The Labute approximate surface area is 225 Å². The fourth-order valence-electron chi connectivity index (χ4n) is 4.89. The van der Waals surface area contributed by atoms with Gasteiger partial charge in [0.15, 0.2) is 5.82 Å². The zero-order valence-corrected chi connectivity index (χ0v) is 22.6. The minimum absolute atomic E-state index is 0.0815. The molecule has 2 amide bonds. The minimum Gasteiger partial charge on any atom is -0.465 e. The van der Waals surface area contributed by atoms with Gasteiger partial charge < -0.3 is 20.2 Å². The molecule has 9 nitrogen and oxygen atoms in total. The molecule has 0 bridgehead atoms. The second kappa shape index (κ2) is 10.9. The summed E-state index contributed by atoms with van der Waals surface area (Å²) in [7, 11) is 0. The van der Waals surface area contributed by atoms with Crippen molar-refractivity contribution in [3.8, 4) is 0 Å². The molecule has 2 fully saturated rings. The second-order valence-electron chi connectivity index (χ2n) is 9.37. The van der Waals surface area contributed by atoms with E-state index < -0.39 is 12.1 Å². The predicted octanol–water partition coefficient (Wildman–Crippen LogP) is 5.18. The predicted molar refractivity (Wildman–Crippen MR) is 141 cm³/mol. The molecule has 2 N–H and O–H groups in total. The van der Waals surface area contributed by atoms with E-state index in [0.717, 1.165) is 5.56 Å². The lowest BCUT2D eigenvalue weighted by atomic mass is 10.1. The summed E-state index contributed by atoms with van der Waals surface area (Å²) in [5, 5.41) is 14.2. The standard InChI is InChI=1S/C24H29Cl3N6O3/c1-13-12-33(14(2)11-32(13)22(34)20-5-4-8-31(20)24(35)36)23-28-10-19(27)21(30-23)29-15(3)17-7-6-16(25)9-18(17)26/h6-7,9-10,13-15,20H,4-5,8,11-12H2,1-3H3,(H,35,36)(H,28,29,30)/t13-,14+,15?,20-/m1/s1. The van der Waals surface area contributed by atoms with Crippen molar-refractivity contribution in [1.29, 1.82) is 0 Å². The quantitative estimate of drug-likeness (QED) is 0.524. The van der Waals surface area contributed by atoms with Gasteiger partial charge in [-0.05, 0) is 51.3 Å². The summed E-state index contributed by atoms with van der Waals surface area (Å²) in [6.07, 6.45) is 1.76. The molecule has 36 heavy (non-hydrogen) atoms. The Kier molecular flexibility index (Phi) is 8.02. The van der Waals surface area contributed by atoms with E-state index in [0.29, 0.717) is 59.3 Å². The van der Waals surface area contributed by atoms with Crippen LogP contribution in [-0.4, -0.2) is 74.6 Å². The molecule has 1 unspecified atom stereocenters. The van der Waals surface area contributed by atoms with E-state index in [1.54, 1.807) is 23.2 Å². The van der Waals surface area contributed by atoms with E-state index in [1.807, 2.05) is 31.7 Å². The molecule has 0 saturated carbocycles. The van der Waals surface area contributed by atoms with Crippen molar-refractivity contribution in [3.63, 3.8) is 0 Å². The summed E-state index contributed by atoms with van der Waals surface area (Å²) < 4.78 is 0. The highest BCUT2D eigenvalue weighted by molar-refractivity contribution is 6.35. The van der Waals surface area contributed by atoms with E-state index in [9.17, 15) is 14.7 Å². The molecule has 2 aliphatic rings. The van der Waals surface area contributed by atoms with Crippen molar-refractivity contribution < 1.29 is 14.7 Å². The molecular weight excluding hydrogens is 527 g/mol. The fourth-order valence-corrected chi connectivity index (χ4v) is 5.61. The first-order chi connectivity index (χ1) is 17.1. The molecule has 4 rings (SSSR count). The summed E-state index contributed by atoms with van der Waals surface area (Å²) in [6.45, 7) is 7.24. The molecular formula is C24H29Cl3N6O3. The van der Waals surface area contributed by atoms with Gasteiger partial charge >= 0.3 is 6.09 Å². The number of rotatable bonds is 5. The lowest BCUT2D eigenvalue weighted by molar-refractivity contribution is -0.138. The normalized spacial score (nSPS) is 23.1. The maximum atomic E-state index is 13.2. The van der Waals surface area contributed by atoms with Crippen LogP contribution < -0.4 is 10.2 Å². The lowest BCUT2D eigenvalue weighted by Crippen LogP contribution is -2.61. The van der Waals surface area contributed by atoms with E-state index in [2.05, 4.69) is 15.3 Å². The SMILES string of the molecule is CC(Nc1nc(N2C[C@@H](C)N(C(=O)[C@H]3CCCN3C(=O)O)C[C@@H]2C)ncc1Cl)c1ccc(Cl)cc1Cl. The van der Waals surface area contributed by atoms with Crippen molar-refractivity contribution in [1.82, 2.24) is 19.8 Å². The van der Waals surface area contributed by atoms with Crippen molar-refractivity contribution in [2.75, 3.05) is 29.9 Å². The molecule has 2 aliphatic heterocycles. The maximum absolute atomic E-state index is 13.2. The van der Waals surface area contributed by atoms with E-state index in [4.69, 9.17) is 34.8 Å². The number of carbonyl (C=O) groups is 2. The van der Waals surface area contributed by atoms with Crippen LogP contribution in [0.3, 0.4) is 0 Å². The van der Waals surface area contributed by atoms with Crippen molar-refractivity contribution in [2.24, 2.45) is 0 Å². The first-order valence-corrected chi connectivity index (χ1v) is 13.0. The Morgan fingerprint density at radius 3 is 2.56 bits per heavy atom. The number of nitrogens with one attached hydrogen (secondary N) is 1. The number of piperazine rings is 1. The van der Waals surface area contributed by atoms with Gasteiger partial charge in [0.2, 0.25) is 11.9 Å². The second-order valence-corrected chi connectivity index (χ2v) is 10.6. The van der Waals surface area contributed by atoms with Crippen LogP contribution in [0.5, 0.6) is 0 Å². The number of benzene rings is 1. The fraction of sp³-hybridized carbons (Fsp3) is 0.500. The zero-order chi connectivity index (χ0) is 26.1. The Morgan fingerprint density at radius 1 is 1.11 bits per heavy atom. The number of hydrogen-bond donors (Lipinski definition) is 2. The number of likely N-dealkylation sites (tertiary alicyclic amines) is 1. The van der Waals surface area contributed by atoms with Crippen molar-refractivity contribution >= 4 is 58.6 Å². The maximum Gasteiger partial charge on any atom is 0.407 e. The lowest BCUT2D eigenvalue weighted by Gasteiger charge is -2.45. The number of carboxylic acid groups (broad SMARTS) is 1. The number of aromatic nitrogens is 2. The van der Waals surface area contributed by atoms with Gasteiger partial charge in [-0.3, -0.25) is 9.69 Å². The zero-order valence-electron chi connectivity index (χ0n) is 20.3. The number of carbonyl (C=O) groups excluding carboxylic acids is 1. The van der Waals surface area contributed by atoms with Gasteiger partial charge in [-0.2, -0.15) is 4.98 Å². The topological polar surface area (TPSA) is 102 Å². The summed E-state index contributed by atoms with van der Waals surface area (Å²) >= 11 is 18.8. The van der Waals surface area contributed by atoms with Gasteiger partial charge in [0.25, 0.3) is 0 Å². The smallest absolute Gasteiger partial charge is 0.407 e. The third kappa shape index (κ3) is 5.43. The molecule has 1 aromatic carbocycles. The number of amides is 2. The van der Waals surface area contributed by atoms with Crippen LogP contribution in [0.1, 0.15) is 45.2 Å². The van der Waals surface area contributed by atoms with Crippen LogP contribution >= 0.6 is 34.8 Å².